The average Bonchev–Trinajstić information content (AvgIpc) is 3.26. The second-order valence-corrected chi connectivity index (χ2v) is 6.82. The first-order valence-corrected chi connectivity index (χ1v) is 8.76. The van der Waals surface area contributed by atoms with Gasteiger partial charge in [0, 0.05) is 30.4 Å². The van der Waals surface area contributed by atoms with E-state index in [1.54, 1.807) is 17.8 Å². The minimum absolute atomic E-state index is 0.0331. The Kier molecular flexibility index (Phi) is 3.72. The predicted octanol–water partition coefficient (Wildman–Crippen LogP) is 1.92. The molecule has 9 heteroatoms. The largest absolute Gasteiger partial charge is 0.477 e. The first-order valence-electron chi connectivity index (χ1n) is 7.88. The number of carbonyl (C=O) groups is 1. The van der Waals surface area contributed by atoms with E-state index >= 15 is 0 Å². The van der Waals surface area contributed by atoms with Crippen LogP contribution in [-0.4, -0.2) is 43.2 Å². The fourth-order valence-electron chi connectivity index (χ4n) is 3.12. The normalized spacial score (nSPS) is 17.3. The number of nitrogens with zero attached hydrogens (tertiary/aromatic N) is 5. The Hall–Kier alpha value is -2.81. The molecule has 1 saturated heterocycles. The fourth-order valence-corrected chi connectivity index (χ4v) is 3.74. The van der Waals surface area contributed by atoms with Gasteiger partial charge in [-0.15, -0.1) is 11.3 Å². The minimum atomic E-state index is -1.30. The van der Waals surface area contributed by atoms with Gasteiger partial charge in [-0.05, 0) is 19.8 Å². The van der Waals surface area contributed by atoms with Crippen molar-refractivity contribution in [2.24, 2.45) is 0 Å². The lowest BCUT2D eigenvalue weighted by Gasteiger charge is -2.22. The first kappa shape index (κ1) is 15.7. The van der Waals surface area contributed by atoms with Crippen molar-refractivity contribution >= 4 is 34.3 Å². The molecule has 25 heavy (non-hydrogen) atoms. The van der Waals surface area contributed by atoms with Crippen molar-refractivity contribution in [3.63, 3.8) is 0 Å². The van der Waals surface area contributed by atoms with Crippen LogP contribution in [0.15, 0.2) is 28.8 Å². The summed E-state index contributed by atoms with van der Waals surface area (Å²) in [4.78, 5) is 39.1. The van der Waals surface area contributed by atoms with Crippen LogP contribution in [0.5, 0.6) is 0 Å². The van der Waals surface area contributed by atoms with Crippen molar-refractivity contribution in [2.45, 2.75) is 25.8 Å². The summed E-state index contributed by atoms with van der Waals surface area (Å²) in [5.74, 6) is -0.610. The highest BCUT2D eigenvalue weighted by Crippen LogP contribution is 2.25. The van der Waals surface area contributed by atoms with Gasteiger partial charge in [0.25, 0.3) is 0 Å². The molecule has 1 fully saturated rings. The summed E-state index contributed by atoms with van der Waals surface area (Å²) in [6.45, 7) is 3.01. The molecule has 0 amide bonds. The van der Waals surface area contributed by atoms with E-state index in [4.69, 9.17) is 0 Å². The third kappa shape index (κ3) is 2.56. The molecule has 0 aromatic carbocycles. The van der Waals surface area contributed by atoms with Crippen LogP contribution < -0.4 is 10.3 Å². The molecule has 1 N–H and O–H groups in total. The third-order valence-electron chi connectivity index (χ3n) is 4.39. The van der Waals surface area contributed by atoms with E-state index in [0.717, 1.165) is 19.4 Å². The zero-order valence-electron chi connectivity index (χ0n) is 13.4. The second kappa shape index (κ2) is 5.92. The van der Waals surface area contributed by atoms with Crippen molar-refractivity contribution in [3.8, 4) is 5.13 Å². The fraction of sp³-hybridized carbons (Fsp3) is 0.312. The molecule has 0 bridgehead atoms. The maximum atomic E-state index is 12.5. The Balaban J connectivity index is 2.00. The Bertz CT molecular complexity index is 1010. The van der Waals surface area contributed by atoms with Crippen LogP contribution in [0.3, 0.4) is 0 Å². The van der Waals surface area contributed by atoms with E-state index in [9.17, 15) is 14.7 Å². The van der Waals surface area contributed by atoms with Crippen LogP contribution in [0.4, 0.5) is 5.82 Å². The summed E-state index contributed by atoms with van der Waals surface area (Å²) in [5, 5.41) is 11.6. The summed E-state index contributed by atoms with van der Waals surface area (Å²) >= 11 is 1.33. The number of rotatable bonds is 3. The quantitative estimate of drug-likeness (QED) is 0.764. The molecule has 1 aliphatic heterocycles. The summed E-state index contributed by atoms with van der Waals surface area (Å²) in [7, 11) is 0. The average molecular weight is 357 g/mol. The Morgan fingerprint density at radius 3 is 2.88 bits per heavy atom. The molecular formula is C16H15N5O3S. The van der Waals surface area contributed by atoms with Crippen molar-refractivity contribution in [3.05, 3.63) is 39.8 Å². The standard InChI is InChI=1S/C16H15N5O3S/c1-9-3-2-5-20(9)11-7-18-12-13(22)10(15(23)24)8-21(14(12)19-11)16-17-4-6-25-16/h4,6-9H,2-3,5H2,1H3,(H,23,24). The van der Waals surface area contributed by atoms with Crippen molar-refractivity contribution < 1.29 is 9.90 Å². The molecule has 1 aliphatic rings. The van der Waals surface area contributed by atoms with E-state index in [0.29, 0.717) is 22.6 Å². The van der Waals surface area contributed by atoms with E-state index in [2.05, 4.69) is 26.8 Å². The zero-order chi connectivity index (χ0) is 17.6. The number of fused-ring (bicyclic) bond motifs is 1. The van der Waals surface area contributed by atoms with Gasteiger partial charge in [-0.2, -0.15) is 0 Å². The molecule has 4 rings (SSSR count). The lowest BCUT2D eigenvalue weighted by atomic mass is 10.2. The van der Waals surface area contributed by atoms with Crippen LogP contribution >= 0.6 is 11.3 Å². The van der Waals surface area contributed by atoms with Crippen LogP contribution in [0.1, 0.15) is 30.1 Å². The summed E-state index contributed by atoms with van der Waals surface area (Å²) in [6.07, 6.45) is 6.60. The summed E-state index contributed by atoms with van der Waals surface area (Å²) in [6, 6.07) is 0.352. The molecule has 4 heterocycles. The number of carboxylic acids is 1. The predicted molar refractivity (Wildman–Crippen MR) is 93.8 cm³/mol. The van der Waals surface area contributed by atoms with Crippen molar-refractivity contribution in [2.75, 3.05) is 11.4 Å². The van der Waals surface area contributed by atoms with Crippen LogP contribution in [-0.2, 0) is 0 Å². The molecule has 8 nitrogen and oxygen atoms in total. The smallest absolute Gasteiger partial charge is 0.341 e. The number of anilines is 1. The molecule has 128 valence electrons. The van der Waals surface area contributed by atoms with Crippen LogP contribution in [0.25, 0.3) is 16.3 Å². The maximum absolute atomic E-state index is 12.5. The number of pyridine rings is 1. The monoisotopic (exact) mass is 357 g/mol. The van der Waals surface area contributed by atoms with E-state index in [1.165, 1.54) is 22.1 Å². The van der Waals surface area contributed by atoms with Gasteiger partial charge >= 0.3 is 5.97 Å². The molecule has 0 radical (unpaired) electrons. The van der Waals surface area contributed by atoms with E-state index in [1.807, 2.05) is 0 Å². The molecule has 0 spiro atoms. The lowest BCUT2D eigenvalue weighted by molar-refractivity contribution is 0.0695. The Morgan fingerprint density at radius 2 is 2.24 bits per heavy atom. The third-order valence-corrected chi connectivity index (χ3v) is 5.16. The first-order chi connectivity index (χ1) is 12.1. The molecule has 1 unspecified atom stereocenters. The molecule has 3 aromatic heterocycles. The Labute approximate surface area is 146 Å². The van der Waals surface area contributed by atoms with Gasteiger partial charge < -0.3 is 10.0 Å². The van der Waals surface area contributed by atoms with Crippen molar-refractivity contribution in [1.29, 1.82) is 0 Å². The summed E-state index contributed by atoms with van der Waals surface area (Å²) in [5.41, 5.74) is -0.629. The highest BCUT2D eigenvalue weighted by molar-refractivity contribution is 7.12. The van der Waals surface area contributed by atoms with Gasteiger partial charge in [0.15, 0.2) is 16.3 Å². The topological polar surface area (TPSA) is 101 Å². The highest BCUT2D eigenvalue weighted by Gasteiger charge is 2.24. The van der Waals surface area contributed by atoms with Gasteiger partial charge in [-0.1, -0.05) is 0 Å². The van der Waals surface area contributed by atoms with Gasteiger partial charge in [-0.3, -0.25) is 9.36 Å². The summed E-state index contributed by atoms with van der Waals surface area (Å²) < 4.78 is 1.53. The van der Waals surface area contributed by atoms with E-state index < -0.39 is 11.4 Å². The number of hydrogen-bond donors (Lipinski definition) is 1. The SMILES string of the molecule is CC1CCCN1c1cnc2c(=O)c(C(=O)O)cn(-c3nccs3)c2n1. The minimum Gasteiger partial charge on any atom is -0.477 e. The molecule has 0 saturated carbocycles. The van der Waals surface area contributed by atoms with Gasteiger partial charge in [-0.25, -0.2) is 19.7 Å². The number of aromatic nitrogens is 4. The number of aromatic carboxylic acids is 1. The second-order valence-electron chi connectivity index (χ2n) is 5.95. The molecule has 1 atom stereocenters. The molecule has 0 aliphatic carbocycles. The highest BCUT2D eigenvalue weighted by atomic mass is 32.1. The molecular weight excluding hydrogens is 342 g/mol. The van der Waals surface area contributed by atoms with Gasteiger partial charge in [0.1, 0.15) is 11.4 Å². The molecule has 3 aromatic rings. The Morgan fingerprint density at radius 1 is 1.40 bits per heavy atom. The van der Waals surface area contributed by atoms with E-state index in [-0.39, 0.29) is 11.1 Å². The van der Waals surface area contributed by atoms with Gasteiger partial charge in [0.05, 0.1) is 6.20 Å². The van der Waals surface area contributed by atoms with Crippen LogP contribution in [0.2, 0.25) is 0 Å². The lowest BCUT2D eigenvalue weighted by Crippen LogP contribution is -2.28. The van der Waals surface area contributed by atoms with Gasteiger partial charge in [0.2, 0.25) is 5.43 Å². The maximum Gasteiger partial charge on any atom is 0.341 e. The number of hydrogen-bond acceptors (Lipinski definition) is 7. The number of carboxylic acid groups (broad SMARTS) is 1. The zero-order valence-corrected chi connectivity index (χ0v) is 14.2. The van der Waals surface area contributed by atoms with Crippen LogP contribution in [0, 0.1) is 0 Å². The van der Waals surface area contributed by atoms with Crippen molar-refractivity contribution in [1.82, 2.24) is 19.5 Å². The number of thiazole rings is 1.